The number of amides is 1. The first kappa shape index (κ1) is 17.3. The van der Waals surface area contributed by atoms with Gasteiger partial charge in [-0.05, 0) is 42.4 Å². The van der Waals surface area contributed by atoms with Crippen molar-refractivity contribution in [1.29, 1.82) is 0 Å². The lowest BCUT2D eigenvalue weighted by molar-refractivity contribution is -0.116. The van der Waals surface area contributed by atoms with E-state index in [1.54, 1.807) is 0 Å². The highest BCUT2D eigenvalue weighted by molar-refractivity contribution is 5.86. The molecule has 0 saturated heterocycles. The maximum absolute atomic E-state index is 11.0. The molecule has 0 aliphatic rings. The molecule has 3 heteroatoms. The van der Waals surface area contributed by atoms with Crippen LogP contribution in [0.3, 0.4) is 0 Å². The van der Waals surface area contributed by atoms with Crippen LogP contribution in [0.4, 0.5) is 0 Å². The summed E-state index contributed by atoms with van der Waals surface area (Å²) in [7, 11) is 0. The fourth-order valence-electron chi connectivity index (χ4n) is 2.12. The molecule has 0 aliphatic carbocycles. The highest BCUT2D eigenvalue weighted by Gasteiger charge is 2.19. The molecule has 0 unspecified atom stereocenters. The third-order valence-corrected chi connectivity index (χ3v) is 3.32. The van der Waals surface area contributed by atoms with Gasteiger partial charge < -0.3 is 10.1 Å². The lowest BCUT2D eigenvalue weighted by Gasteiger charge is -2.24. The molecular formula is C18H27NO2. The molecular weight excluding hydrogens is 262 g/mol. The number of unbranched alkanes of at least 4 members (excludes halogenated alkanes) is 1. The van der Waals surface area contributed by atoms with E-state index in [2.05, 4.69) is 57.8 Å². The van der Waals surface area contributed by atoms with Gasteiger partial charge in [0, 0.05) is 6.54 Å². The molecule has 1 aromatic carbocycles. The number of hydrogen-bond acceptors (Lipinski definition) is 2. The number of benzene rings is 1. The summed E-state index contributed by atoms with van der Waals surface area (Å²) in [5.41, 5.74) is 2.48. The SMILES string of the molecule is C=CC(=O)NCCCCOc1c(C)cccc1C(C)(C)C. The molecule has 1 N–H and O–H groups in total. The van der Waals surface area contributed by atoms with Crippen LogP contribution >= 0.6 is 0 Å². The van der Waals surface area contributed by atoms with Crippen molar-refractivity contribution in [3.05, 3.63) is 42.0 Å². The largest absolute Gasteiger partial charge is 0.493 e. The van der Waals surface area contributed by atoms with Gasteiger partial charge in [-0.3, -0.25) is 4.79 Å². The van der Waals surface area contributed by atoms with Crippen molar-refractivity contribution in [2.75, 3.05) is 13.2 Å². The van der Waals surface area contributed by atoms with Crippen LogP contribution in [0, 0.1) is 6.92 Å². The number of carbonyl (C=O) groups is 1. The molecule has 0 spiro atoms. The number of rotatable bonds is 7. The molecule has 0 aliphatic heterocycles. The number of carbonyl (C=O) groups excluding carboxylic acids is 1. The molecule has 21 heavy (non-hydrogen) atoms. The minimum atomic E-state index is -0.121. The van der Waals surface area contributed by atoms with Gasteiger partial charge in [0.1, 0.15) is 5.75 Å². The molecule has 0 heterocycles. The first-order valence-electron chi connectivity index (χ1n) is 7.49. The van der Waals surface area contributed by atoms with Crippen LogP contribution in [-0.4, -0.2) is 19.1 Å². The van der Waals surface area contributed by atoms with Crippen molar-refractivity contribution in [2.24, 2.45) is 0 Å². The van der Waals surface area contributed by atoms with Crippen molar-refractivity contribution >= 4 is 5.91 Å². The van der Waals surface area contributed by atoms with Gasteiger partial charge in [0.15, 0.2) is 0 Å². The summed E-state index contributed by atoms with van der Waals surface area (Å²) in [4.78, 5) is 11.0. The van der Waals surface area contributed by atoms with Crippen LogP contribution in [0.15, 0.2) is 30.9 Å². The fraction of sp³-hybridized carbons (Fsp3) is 0.500. The van der Waals surface area contributed by atoms with E-state index < -0.39 is 0 Å². The smallest absolute Gasteiger partial charge is 0.243 e. The molecule has 0 fully saturated rings. The molecule has 116 valence electrons. The monoisotopic (exact) mass is 289 g/mol. The predicted octanol–water partition coefficient (Wildman–Crippen LogP) is 3.75. The second-order valence-electron chi connectivity index (χ2n) is 6.25. The van der Waals surface area contributed by atoms with E-state index in [0.29, 0.717) is 13.2 Å². The minimum absolute atomic E-state index is 0.0687. The van der Waals surface area contributed by atoms with Crippen LogP contribution in [0.1, 0.15) is 44.7 Å². The number of aryl methyl sites for hydroxylation is 1. The van der Waals surface area contributed by atoms with Gasteiger partial charge in [0.25, 0.3) is 0 Å². The second kappa shape index (κ2) is 7.87. The molecule has 3 nitrogen and oxygen atoms in total. The summed E-state index contributed by atoms with van der Waals surface area (Å²) in [5.74, 6) is 0.880. The number of ether oxygens (including phenoxy) is 1. The van der Waals surface area contributed by atoms with E-state index in [4.69, 9.17) is 4.74 Å². The Bertz CT molecular complexity index is 486. The van der Waals surface area contributed by atoms with Gasteiger partial charge in [-0.25, -0.2) is 0 Å². The third kappa shape index (κ3) is 5.62. The average Bonchev–Trinajstić information content (AvgIpc) is 2.42. The Morgan fingerprint density at radius 1 is 1.33 bits per heavy atom. The first-order valence-corrected chi connectivity index (χ1v) is 7.49. The Balaban J connectivity index is 2.49. The van der Waals surface area contributed by atoms with E-state index in [1.807, 2.05) is 0 Å². The second-order valence-corrected chi connectivity index (χ2v) is 6.25. The van der Waals surface area contributed by atoms with Crippen molar-refractivity contribution in [3.63, 3.8) is 0 Å². The molecule has 0 bridgehead atoms. The molecule has 1 amide bonds. The number of hydrogen-bond donors (Lipinski definition) is 1. The average molecular weight is 289 g/mol. The Morgan fingerprint density at radius 2 is 2.05 bits per heavy atom. The minimum Gasteiger partial charge on any atom is -0.493 e. The zero-order valence-electron chi connectivity index (χ0n) is 13.7. The quantitative estimate of drug-likeness (QED) is 0.613. The zero-order valence-corrected chi connectivity index (χ0v) is 13.7. The summed E-state index contributed by atoms with van der Waals surface area (Å²) in [5, 5.41) is 2.77. The maximum atomic E-state index is 11.0. The Hall–Kier alpha value is -1.77. The third-order valence-electron chi connectivity index (χ3n) is 3.32. The standard InChI is InChI=1S/C18H27NO2/c1-6-16(20)19-12-7-8-13-21-17-14(2)10-9-11-15(17)18(3,4)5/h6,9-11H,1,7-8,12-13H2,2-5H3,(H,19,20). The molecule has 1 rings (SSSR count). The van der Waals surface area contributed by atoms with Crippen molar-refractivity contribution in [1.82, 2.24) is 5.32 Å². The van der Waals surface area contributed by atoms with Crippen LogP contribution in [0.2, 0.25) is 0 Å². The highest BCUT2D eigenvalue weighted by Crippen LogP contribution is 2.33. The Morgan fingerprint density at radius 3 is 2.67 bits per heavy atom. The predicted molar refractivity (Wildman–Crippen MR) is 87.8 cm³/mol. The van der Waals surface area contributed by atoms with Crippen LogP contribution < -0.4 is 10.1 Å². The zero-order chi connectivity index (χ0) is 15.9. The normalized spacial score (nSPS) is 11.0. The van der Waals surface area contributed by atoms with Gasteiger partial charge >= 0.3 is 0 Å². The summed E-state index contributed by atoms with van der Waals surface area (Å²) in [6.45, 7) is 13.4. The summed E-state index contributed by atoms with van der Waals surface area (Å²) in [6.07, 6.45) is 3.10. The fourth-order valence-corrected chi connectivity index (χ4v) is 2.12. The van der Waals surface area contributed by atoms with Crippen LogP contribution in [0.5, 0.6) is 5.75 Å². The molecule has 0 aromatic heterocycles. The van der Waals surface area contributed by atoms with Gasteiger partial charge in [-0.15, -0.1) is 0 Å². The van der Waals surface area contributed by atoms with E-state index in [-0.39, 0.29) is 11.3 Å². The lowest BCUT2D eigenvalue weighted by atomic mass is 9.85. The molecule has 1 aromatic rings. The van der Waals surface area contributed by atoms with E-state index in [9.17, 15) is 4.79 Å². The lowest BCUT2D eigenvalue weighted by Crippen LogP contribution is -2.22. The summed E-state index contributed by atoms with van der Waals surface area (Å²) < 4.78 is 5.99. The van der Waals surface area contributed by atoms with E-state index >= 15 is 0 Å². The van der Waals surface area contributed by atoms with Gasteiger partial charge in [0.05, 0.1) is 6.61 Å². The van der Waals surface area contributed by atoms with E-state index in [1.165, 1.54) is 17.2 Å². The van der Waals surface area contributed by atoms with Gasteiger partial charge in [-0.1, -0.05) is 45.5 Å². The van der Waals surface area contributed by atoms with Crippen molar-refractivity contribution < 1.29 is 9.53 Å². The van der Waals surface area contributed by atoms with E-state index in [0.717, 1.165) is 18.6 Å². The summed E-state index contributed by atoms with van der Waals surface area (Å²) in [6, 6.07) is 6.29. The Labute approximate surface area is 128 Å². The number of para-hydroxylation sites is 1. The van der Waals surface area contributed by atoms with Gasteiger partial charge in [0.2, 0.25) is 5.91 Å². The highest BCUT2D eigenvalue weighted by atomic mass is 16.5. The van der Waals surface area contributed by atoms with Crippen LogP contribution in [0.25, 0.3) is 0 Å². The van der Waals surface area contributed by atoms with Crippen LogP contribution in [-0.2, 0) is 10.2 Å². The van der Waals surface area contributed by atoms with Crippen molar-refractivity contribution in [3.8, 4) is 5.75 Å². The molecule has 0 atom stereocenters. The maximum Gasteiger partial charge on any atom is 0.243 e. The Kier molecular flexibility index (Phi) is 6.47. The summed E-state index contributed by atoms with van der Waals surface area (Å²) >= 11 is 0. The van der Waals surface area contributed by atoms with Crippen molar-refractivity contribution in [2.45, 2.75) is 46.0 Å². The molecule has 0 radical (unpaired) electrons. The molecule has 0 saturated carbocycles. The number of nitrogens with one attached hydrogen (secondary N) is 1. The topological polar surface area (TPSA) is 38.3 Å². The van der Waals surface area contributed by atoms with Gasteiger partial charge in [-0.2, -0.15) is 0 Å². The first-order chi connectivity index (χ1) is 9.86.